The third-order valence-corrected chi connectivity index (χ3v) is 10.8. The molecule has 1 fully saturated rings. The second kappa shape index (κ2) is 15.7. The van der Waals surface area contributed by atoms with Crippen molar-refractivity contribution in [2.45, 2.75) is 183 Å². The molecule has 1 aliphatic heterocycles. The highest BCUT2D eigenvalue weighted by molar-refractivity contribution is 8.17. The summed E-state index contributed by atoms with van der Waals surface area (Å²) in [6.07, 6.45) is -5.65. The number of ether oxygens (including phenoxy) is 1. The highest BCUT2D eigenvalue weighted by Crippen LogP contribution is 2.46. The fraction of sp³-hybridized carbons (Fsp3) is 0.692. The van der Waals surface area contributed by atoms with Crippen molar-refractivity contribution < 1.29 is 30.3 Å². The molecule has 0 radical (unpaired) electrons. The van der Waals surface area contributed by atoms with E-state index in [1.807, 2.05) is 37.4 Å². The quantitative estimate of drug-likeness (QED) is 0.145. The van der Waals surface area contributed by atoms with Gasteiger partial charge in [0.1, 0.15) is 24.1 Å². The highest BCUT2D eigenvalue weighted by Gasteiger charge is 2.43. The molecule has 3 rings (SSSR count). The first-order chi connectivity index (χ1) is 21.3. The molecular weight excluding hydrogens is 629 g/mol. The minimum absolute atomic E-state index is 0.163. The summed E-state index contributed by atoms with van der Waals surface area (Å²) < 4.78 is 5.72. The first-order valence-electron chi connectivity index (χ1n) is 17.1. The van der Waals surface area contributed by atoms with E-state index in [4.69, 9.17) is 4.74 Å². The summed E-state index contributed by atoms with van der Waals surface area (Å²) >= 11 is 3.64. The van der Waals surface area contributed by atoms with Gasteiger partial charge >= 0.3 is 0 Å². The monoisotopic (exact) mass is 692 g/mol. The van der Waals surface area contributed by atoms with Crippen LogP contribution >= 0.6 is 23.5 Å². The molecule has 5 N–H and O–H groups in total. The van der Waals surface area contributed by atoms with E-state index in [2.05, 4.69) is 114 Å². The Morgan fingerprint density at radius 2 is 0.979 bits per heavy atom. The smallest absolute Gasteiger partial charge is 0.183 e. The van der Waals surface area contributed by atoms with Gasteiger partial charge in [-0.1, -0.05) is 96.9 Å². The molecule has 6 nitrogen and oxygen atoms in total. The van der Waals surface area contributed by atoms with E-state index in [1.165, 1.54) is 21.6 Å². The summed E-state index contributed by atoms with van der Waals surface area (Å²) in [6.45, 7) is 32.3. The van der Waals surface area contributed by atoms with Crippen molar-refractivity contribution in [1.29, 1.82) is 0 Å². The van der Waals surface area contributed by atoms with Crippen LogP contribution in [0.1, 0.15) is 138 Å². The van der Waals surface area contributed by atoms with Crippen LogP contribution in [0, 0.1) is 0 Å². The van der Waals surface area contributed by atoms with Crippen LogP contribution in [-0.4, -0.2) is 60.8 Å². The maximum Gasteiger partial charge on any atom is 0.183 e. The minimum Gasteiger partial charge on any atom is -0.507 e. The Morgan fingerprint density at radius 3 is 1.34 bits per heavy atom. The molecule has 0 spiro atoms. The van der Waals surface area contributed by atoms with Gasteiger partial charge in [-0.3, -0.25) is 0 Å². The summed E-state index contributed by atoms with van der Waals surface area (Å²) in [5, 5.41) is 52.1. The summed E-state index contributed by atoms with van der Waals surface area (Å²) in [5.74, 6) is 0.395. The molecule has 6 unspecified atom stereocenters. The molecule has 8 heteroatoms. The molecule has 2 aromatic carbocycles. The van der Waals surface area contributed by atoms with Gasteiger partial charge in [-0.2, -0.15) is 0 Å². The predicted molar refractivity (Wildman–Crippen MR) is 199 cm³/mol. The van der Waals surface area contributed by atoms with Crippen LogP contribution in [0.5, 0.6) is 5.75 Å². The third-order valence-electron chi connectivity index (χ3n) is 8.51. The number of thioether (sulfide) groups is 2. The lowest BCUT2D eigenvalue weighted by atomic mass is 9.74. The largest absolute Gasteiger partial charge is 0.507 e. The normalized spacial score (nSPS) is 23.3. The lowest BCUT2D eigenvalue weighted by molar-refractivity contribution is -0.282. The Bertz CT molecular complexity index is 1260. The van der Waals surface area contributed by atoms with Crippen LogP contribution in [0.4, 0.5) is 0 Å². The van der Waals surface area contributed by atoms with E-state index in [-0.39, 0.29) is 26.2 Å². The molecule has 0 aromatic heterocycles. The number of rotatable bonds is 7. The number of aromatic hydroxyl groups is 1. The minimum atomic E-state index is -1.54. The van der Waals surface area contributed by atoms with Gasteiger partial charge in [0.2, 0.25) is 0 Å². The number of hydrogen-bond acceptors (Lipinski definition) is 8. The zero-order valence-corrected chi connectivity index (χ0v) is 33.3. The van der Waals surface area contributed by atoms with Gasteiger partial charge in [0.15, 0.2) is 6.29 Å². The topological polar surface area (TPSA) is 110 Å². The molecule has 47 heavy (non-hydrogen) atoms. The summed E-state index contributed by atoms with van der Waals surface area (Å²) in [6, 6.07) is 8.86. The van der Waals surface area contributed by atoms with Gasteiger partial charge in [-0.15, -0.1) is 23.5 Å². The molecule has 1 saturated heterocycles. The van der Waals surface area contributed by atoms with Gasteiger partial charge in [0, 0.05) is 20.9 Å². The first kappa shape index (κ1) is 41.9. The van der Waals surface area contributed by atoms with Crippen LogP contribution in [-0.2, 0) is 32.8 Å². The number of phenolic OH excluding ortho intramolecular Hbond substituents is 1. The molecule has 1 heterocycles. The number of hydrogen-bond donors (Lipinski definition) is 5. The number of aliphatic hydroxyl groups is 4. The molecule has 6 atom stereocenters. The standard InChI is InChI=1S/C37H58O6S2.C2H6/c1-20(45-22-18-26(36(8,9)10)29(38)27(19-22)37(11,12)13)44-21-16-24(34(2,3)4)23(25(17-21)35(5,6)7)14-15-28-30(39)31(40)32(41)33(42)43-28;1-2/h16-20,28,30-33,38-42H,14-15H2,1-13H3;1-2H3. The Labute approximate surface area is 294 Å². The van der Waals surface area contributed by atoms with E-state index in [0.717, 1.165) is 16.0 Å². The second-order valence-electron chi connectivity index (χ2n) is 16.7. The van der Waals surface area contributed by atoms with Gasteiger partial charge in [0.25, 0.3) is 0 Å². The van der Waals surface area contributed by atoms with Crippen molar-refractivity contribution in [2.24, 2.45) is 0 Å². The Morgan fingerprint density at radius 1 is 0.617 bits per heavy atom. The van der Waals surface area contributed by atoms with E-state index in [1.54, 1.807) is 0 Å². The van der Waals surface area contributed by atoms with Crippen LogP contribution < -0.4 is 0 Å². The van der Waals surface area contributed by atoms with Crippen molar-refractivity contribution >= 4 is 23.5 Å². The molecule has 0 saturated carbocycles. The Balaban J connectivity index is 0.00000376. The maximum atomic E-state index is 11.2. The molecule has 2 aromatic rings. The average molecular weight is 693 g/mol. The van der Waals surface area contributed by atoms with Gasteiger partial charge in [0.05, 0.1) is 10.7 Å². The molecule has 0 aliphatic carbocycles. The molecule has 0 bridgehead atoms. The summed E-state index contributed by atoms with van der Waals surface area (Å²) in [4.78, 5) is 2.33. The van der Waals surface area contributed by atoms with E-state index in [9.17, 15) is 25.5 Å². The zero-order valence-electron chi connectivity index (χ0n) is 31.6. The summed E-state index contributed by atoms with van der Waals surface area (Å²) in [5.41, 5.74) is 4.85. The van der Waals surface area contributed by atoms with Crippen LogP contribution in [0.2, 0.25) is 0 Å². The molecular formula is C39H64O6S2. The fourth-order valence-corrected chi connectivity index (χ4v) is 8.37. The number of benzene rings is 2. The first-order valence-corrected chi connectivity index (χ1v) is 18.8. The van der Waals surface area contributed by atoms with E-state index in [0.29, 0.717) is 18.6 Å². The lowest BCUT2D eigenvalue weighted by Crippen LogP contribution is -2.57. The highest BCUT2D eigenvalue weighted by atomic mass is 32.2. The Kier molecular flexibility index (Phi) is 14.0. The van der Waals surface area contributed by atoms with Gasteiger partial charge < -0.3 is 30.3 Å². The van der Waals surface area contributed by atoms with Crippen LogP contribution in [0.25, 0.3) is 0 Å². The maximum absolute atomic E-state index is 11.2. The van der Waals surface area contributed by atoms with E-state index >= 15 is 0 Å². The van der Waals surface area contributed by atoms with Crippen molar-refractivity contribution in [1.82, 2.24) is 0 Å². The van der Waals surface area contributed by atoms with Crippen molar-refractivity contribution in [3.63, 3.8) is 0 Å². The van der Waals surface area contributed by atoms with Crippen LogP contribution in [0.15, 0.2) is 34.1 Å². The SMILES string of the molecule is CC.CC(Sc1cc(C(C)(C)C)c(O)c(C(C)(C)C)c1)Sc1cc(C(C)(C)C)c(CCC2OC(O)C(O)C(O)C2O)c(C(C)(C)C)c1. The van der Waals surface area contributed by atoms with Gasteiger partial charge in [-0.05, 0) is 82.4 Å². The molecule has 268 valence electrons. The summed E-state index contributed by atoms with van der Waals surface area (Å²) in [7, 11) is 0. The fourth-order valence-electron chi connectivity index (χ4n) is 6.00. The lowest BCUT2D eigenvalue weighted by Gasteiger charge is -2.39. The Hall–Kier alpha value is -1.26. The second-order valence-corrected chi connectivity index (χ2v) is 19.9. The molecule has 1 aliphatic rings. The van der Waals surface area contributed by atoms with E-state index < -0.39 is 30.7 Å². The average Bonchev–Trinajstić information content (AvgIpc) is 2.92. The molecule has 0 amide bonds. The van der Waals surface area contributed by atoms with Crippen molar-refractivity contribution in [2.75, 3.05) is 0 Å². The third kappa shape index (κ3) is 10.6. The zero-order chi connectivity index (χ0) is 36.4. The predicted octanol–water partition coefficient (Wildman–Crippen LogP) is 8.57. The van der Waals surface area contributed by atoms with Gasteiger partial charge in [-0.25, -0.2) is 0 Å². The van der Waals surface area contributed by atoms with Crippen molar-refractivity contribution in [3.05, 3.63) is 52.1 Å². The number of aliphatic hydroxyl groups excluding tert-OH is 4. The number of phenols is 1. The van der Waals surface area contributed by atoms with Crippen LogP contribution in [0.3, 0.4) is 0 Å². The van der Waals surface area contributed by atoms with Crippen molar-refractivity contribution in [3.8, 4) is 5.75 Å².